The average Bonchev–Trinajstić information content (AvgIpc) is 2.87. The summed E-state index contributed by atoms with van der Waals surface area (Å²) in [5.41, 5.74) is 1.45. The predicted octanol–water partition coefficient (Wildman–Crippen LogP) is 4.09. The molecule has 0 spiro atoms. The molecule has 5 rings (SSSR count). The molecule has 1 aliphatic heterocycles. The molecule has 3 aromatic rings. The third kappa shape index (κ3) is 5.22. The van der Waals surface area contributed by atoms with E-state index in [0.717, 1.165) is 57.5 Å². The van der Waals surface area contributed by atoms with Crippen LogP contribution in [-0.2, 0) is 0 Å². The topological polar surface area (TPSA) is 98.3 Å². The van der Waals surface area contributed by atoms with Gasteiger partial charge in [0.05, 0.1) is 10.7 Å². The van der Waals surface area contributed by atoms with Gasteiger partial charge in [-0.25, -0.2) is 24.8 Å². The van der Waals surface area contributed by atoms with Gasteiger partial charge in [-0.1, -0.05) is 49.1 Å². The van der Waals surface area contributed by atoms with E-state index in [1.807, 2.05) is 35.3 Å². The molecule has 178 valence electrons. The highest BCUT2D eigenvalue weighted by atomic mass is 35.5. The zero-order valence-electron chi connectivity index (χ0n) is 19.0. The highest BCUT2D eigenvalue weighted by Gasteiger charge is 2.23. The van der Waals surface area contributed by atoms with Crippen LogP contribution >= 0.6 is 11.6 Å². The third-order valence-electron chi connectivity index (χ3n) is 6.25. The molecule has 2 fully saturated rings. The fourth-order valence-electron chi connectivity index (χ4n) is 4.52. The summed E-state index contributed by atoms with van der Waals surface area (Å²) in [7, 11) is 0. The van der Waals surface area contributed by atoms with E-state index in [4.69, 9.17) is 16.6 Å². The van der Waals surface area contributed by atoms with E-state index in [2.05, 4.69) is 30.9 Å². The Kier molecular flexibility index (Phi) is 7.03. The Hall–Kier alpha value is -3.01. The Balaban J connectivity index is 1.42. The van der Waals surface area contributed by atoms with Crippen molar-refractivity contribution in [2.45, 2.75) is 38.1 Å². The minimum absolute atomic E-state index is 0.195. The number of halogens is 1. The van der Waals surface area contributed by atoms with Gasteiger partial charge in [0.2, 0.25) is 5.95 Å². The van der Waals surface area contributed by atoms with E-state index < -0.39 is 0 Å². The van der Waals surface area contributed by atoms with Gasteiger partial charge in [0.1, 0.15) is 0 Å². The molecule has 0 radical (unpaired) electrons. The first-order chi connectivity index (χ1) is 16.7. The van der Waals surface area contributed by atoms with Crippen molar-refractivity contribution in [2.75, 3.05) is 36.5 Å². The standard InChI is InChI=1S/C24H29ClN8O/c25-20-15-17-16-27-23(33(19-9-5-2-6-10-19)32-13-11-26-12-14-32)30-21(17)29-22(20)31-24(34)28-18-7-3-1-4-8-18/h2,5-6,9-10,15-16,18,26H,1,3-4,7-8,11-14H2,(H2,27,28,29,30,31,34). The van der Waals surface area contributed by atoms with Crippen LogP contribution in [0.15, 0.2) is 42.6 Å². The fourth-order valence-corrected chi connectivity index (χ4v) is 4.73. The molecule has 1 aromatic carbocycles. The van der Waals surface area contributed by atoms with Crippen LogP contribution in [0.4, 0.5) is 22.2 Å². The van der Waals surface area contributed by atoms with Crippen LogP contribution in [0.1, 0.15) is 32.1 Å². The molecule has 0 bridgehead atoms. The first-order valence-corrected chi connectivity index (χ1v) is 12.3. The SMILES string of the molecule is O=C(Nc1nc2nc(N(c3ccccc3)N3CCNCC3)ncc2cc1Cl)NC1CCCCC1. The maximum Gasteiger partial charge on any atom is 0.320 e. The lowest BCUT2D eigenvalue weighted by molar-refractivity contribution is 0.240. The maximum atomic E-state index is 12.6. The summed E-state index contributed by atoms with van der Waals surface area (Å²) >= 11 is 6.42. The van der Waals surface area contributed by atoms with Crippen molar-refractivity contribution in [3.63, 3.8) is 0 Å². The summed E-state index contributed by atoms with van der Waals surface area (Å²) < 4.78 is 0. The number of anilines is 3. The lowest BCUT2D eigenvalue weighted by Gasteiger charge is -2.37. The van der Waals surface area contributed by atoms with Gasteiger partial charge in [0.25, 0.3) is 0 Å². The molecule has 10 heteroatoms. The van der Waals surface area contributed by atoms with Crippen molar-refractivity contribution in [2.24, 2.45) is 0 Å². The Labute approximate surface area is 203 Å². The summed E-state index contributed by atoms with van der Waals surface area (Å²) in [4.78, 5) is 26.5. The van der Waals surface area contributed by atoms with E-state index in [-0.39, 0.29) is 12.1 Å². The van der Waals surface area contributed by atoms with Gasteiger partial charge < -0.3 is 10.6 Å². The summed E-state index contributed by atoms with van der Waals surface area (Å²) in [6, 6.07) is 11.7. The number of urea groups is 1. The van der Waals surface area contributed by atoms with Crippen molar-refractivity contribution in [3.05, 3.63) is 47.6 Å². The number of piperazine rings is 1. The van der Waals surface area contributed by atoms with Crippen molar-refractivity contribution in [1.82, 2.24) is 30.6 Å². The van der Waals surface area contributed by atoms with Crippen LogP contribution in [0, 0.1) is 0 Å². The highest BCUT2D eigenvalue weighted by Crippen LogP contribution is 2.28. The molecule has 3 N–H and O–H groups in total. The molecule has 0 atom stereocenters. The van der Waals surface area contributed by atoms with E-state index in [0.29, 0.717) is 27.8 Å². The van der Waals surface area contributed by atoms with Crippen LogP contribution in [0.3, 0.4) is 0 Å². The molecule has 1 aliphatic carbocycles. The van der Waals surface area contributed by atoms with Crippen molar-refractivity contribution < 1.29 is 4.79 Å². The Bertz CT molecular complexity index is 1130. The summed E-state index contributed by atoms with van der Waals surface area (Å²) in [5, 5.41) is 14.5. The Morgan fingerprint density at radius 2 is 1.85 bits per heavy atom. The summed E-state index contributed by atoms with van der Waals surface area (Å²) in [5.74, 6) is 0.814. The highest BCUT2D eigenvalue weighted by molar-refractivity contribution is 6.34. The Morgan fingerprint density at radius 3 is 2.62 bits per heavy atom. The van der Waals surface area contributed by atoms with Gasteiger partial charge in [0, 0.05) is 43.8 Å². The number of hydrogen-bond donors (Lipinski definition) is 3. The minimum atomic E-state index is -0.290. The molecular formula is C24H29ClN8O. The van der Waals surface area contributed by atoms with E-state index in [9.17, 15) is 4.79 Å². The minimum Gasteiger partial charge on any atom is -0.335 e. The second-order valence-corrected chi connectivity index (χ2v) is 9.09. The number of hydrazine groups is 1. The van der Waals surface area contributed by atoms with Gasteiger partial charge in [-0.3, -0.25) is 5.32 Å². The van der Waals surface area contributed by atoms with Crippen LogP contribution in [0.25, 0.3) is 11.0 Å². The van der Waals surface area contributed by atoms with Gasteiger partial charge in [-0.15, -0.1) is 0 Å². The number of fused-ring (bicyclic) bond motifs is 1. The number of para-hydroxylation sites is 1. The maximum absolute atomic E-state index is 12.6. The van der Waals surface area contributed by atoms with Gasteiger partial charge in [-0.2, -0.15) is 4.98 Å². The van der Waals surface area contributed by atoms with Crippen LogP contribution in [0.2, 0.25) is 5.02 Å². The monoisotopic (exact) mass is 480 g/mol. The first-order valence-electron chi connectivity index (χ1n) is 11.9. The van der Waals surface area contributed by atoms with Crippen LogP contribution in [0.5, 0.6) is 0 Å². The number of benzene rings is 1. The van der Waals surface area contributed by atoms with Crippen LogP contribution < -0.4 is 21.0 Å². The van der Waals surface area contributed by atoms with Crippen molar-refractivity contribution in [3.8, 4) is 0 Å². The predicted molar refractivity (Wildman–Crippen MR) is 134 cm³/mol. The summed E-state index contributed by atoms with van der Waals surface area (Å²) in [6.07, 6.45) is 7.25. The Morgan fingerprint density at radius 1 is 1.09 bits per heavy atom. The number of nitrogens with zero attached hydrogens (tertiary/aromatic N) is 5. The second-order valence-electron chi connectivity index (χ2n) is 8.69. The lowest BCUT2D eigenvalue weighted by Crippen LogP contribution is -2.51. The fraction of sp³-hybridized carbons (Fsp3) is 0.417. The van der Waals surface area contributed by atoms with E-state index in [1.54, 1.807) is 12.3 Å². The number of carbonyl (C=O) groups is 1. The molecule has 2 aromatic heterocycles. The smallest absolute Gasteiger partial charge is 0.320 e. The molecule has 3 heterocycles. The van der Waals surface area contributed by atoms with Gasteiger partial charge >= 0.3 is 6.03 Å². The van der Waals surface area contributed by atoms with Crippen molar-refractivity contribution >= 4 is 46.1 Å². The summed E-state index contributed by atoms with van der Waals surface area (Å²) in [6.45, 7) is 3.43. The molecule has 1 saturated carbocycles. The number of carbonyl (C=O) groups excluding carboxylic acids is 1. The average molecular weight is 481 g/mol. The quantitative estimate of drug-likeness (QED) is 0.505. The van der Waals surface area contributed by atoms with Crippen molar-refractivity contribution in [1.29, 1.82) is 0 Å². The molecule has 2 aliphatic rings. The van der Waals surface area contributed by atoms with E-state index in [1.165, 1.54) is 6.42 Å². The number of pyridine rings is 1. The molecule has 34 heavy (non-hydrogen) atoms. The number of amides is 2. The number of nitrogens with one attached hydrogen (secondary N) is 3. The van der Waals surface area contributed by atoms with Gasteiger partial charge in [-0.05, 0) is 31.0 Å². The number of hydrogen-bond acceptors (Lipinski definition) is 7. The van der Waals surface area contributed by atoms with E-state index >= 15 is 0 Å². The second kappa shape index (κ2) is 10.5. The zero-order chi connectivity index (χ0) is 23.3. The first kappa shape index (κ1) is 22.8. The number of rotatable bonds is 5. The van der Waals surface area contributed by atoms with Crippen LogP contribution in [-0.4, -0.2) is 58.2 Å². The third-order valence-corrected chi connectivity index (χ3v) is 6.54. The number of aromatic nitrogens is 3. The lowest BCUT2D eigenvalue weighted by atomic mass is 9.96. The molecule has 1 saturated heterocycles. The molecule has 0 unspecified atom stereocenters. The zero-order valence-corrected chi connectivity index (χ0v) is 19.8. The molecular weight excluding hydrogens is 452 g/mol. The van der Waals surface area contributed by atoms with Gasteiger partial charge in [0.15, 0.2) is 11.5 Å². The largest absolute Gasteiger partial charge is 0.335 e. The molecule has 9 nitrogen and oxygen atoms in total. The normalized spacial score (nSPS) is 17.4. The molecule has 2 amide bonds.